The van der Waals surface area contributed by atoms with Crippen LogP contribution in [0.15, 0.2) is 12.1 Å². The van der Waals surface area contributed by atoms with Gasteiger partial charge in [-0.25, -0.2) is 4.79 Å². The van der Waals surface area contributed by atoms with Gasteiger partial charge in [0.25, 0.3) is 0 Å². The van der Waals surface area contributed by atoms with E-state index >= 15 is 0 Å². The first-order valence-corrected chi connectivity index (χ1v) is 6.89. The quantitative estimate of drug-likeness (QED) is 0.849. The number of hydrogen-bond donors (Lipinski definition) is 2. The zero-order valence-corrected chi connectivity index (χ0v) is 13.0. The van der Waals surface area contributed by atoms with Crippen LogP contribution in [-0.4, -0.2) is 25.8 Å². The highest BCUT2D eigenvalue weighted by molar-refractivity contribution is 6.32. The van der Waals surface area contributed by atoms with Crippen LogP contribution in [-0.2, 0) is 6.54 Å². The number of nitrogens with one attached hydrogen (secondary N) is 2. The number of ether oxygens (including phenoxy) is 2. The Bertz CT molecular complexity index is 464. The van der Waals surface area contributed by atoms with E-state index in [1.807, 2.05) is 20.8 Å². The molecule has 2 amide bonds. The average molecular weight is 301 g/mol. The summed E-state index contributed by atoms with van der Waals surface area (Å²) in [6.07, 6.45) is 0. The minimum atomic E-state index is -0.219. The molecule has 0 aliphatic heterocycles. The Morgan fingerprint density at radius 3 is 2.65 bits per heavy atom. The van der Waals surface area contributed by atoms with E-state index < -0.39 is 0 Å². The van der Waals surface area contributed by atoms with Gasteiger partial charge in [-0.05, 0) is 38.5 Å². The summed E-state index contributed by atoms with van der Waals surface area (Å²) in [6.45, 7) is 6.54. The second-order valence-electron chi connectivity index (χ2n) is 4.52. The zero-order valence-electron chi connectivity index (χ0n) is 12.2. The lowest BCUT2D eigenvalue weighted by Crippen LogP contribution is -2.39. The lowest BCUT2D eigenvalue weighted by molar-refractivity contribution is 0.238. The smallest absolute Gasteiger partial charge is 0.315 e. The van der Waals surface area contributed by atoms with Crippen molar-refractivity contribution in [2.24, 2.45) is 0 Å². The minimum Gasteiger partial charge on any atom is -0.493 e. The van der Waals surface area contributed by atoms with Crippen molar-refractivity contribution >= 4 is 17.6 Å². The first-order valence-electron chi connectivity index (χ1n) is 6.51. The second-order valence-corrected chi connectivity index (χ2v) is 4.93. The van der Waals surface area contributed by atoms with Gasteiger partial charge < -0.3 is 20.1 Å². The van der Waals surface area contributed by atoms with Gasteiger partial charge in [0.05, 0.1) is 18.7 Å². The monoisotopic (exact) mass is 300 g/mol. The number of halogens is 1. The molecule has 6 heteroatoms. The number of methoxy groups -OCH3 is 1. The third-order valence-electron chi connectivity index (χ3n) is 2.45. The zero-order chi connectivity index (χ0) is 15.1. The molecule has 1 aromatic carbocycles. The normalized spacial score (nSPS) is 10.3. The Balaban J connectivity index is 2.77. The highest BCUT2D eigenvalue weighted by atomic mass is 35.5. The second kappa shape index (κ2) is 7.85. The molecule has 0 radical (unpaired) electrons. The van der Waals surface area contributed by atoms with E-state index in [-0.39, 0.29) is 12.1 Å². The van der Waals surface area contributed by atoms with Gasteiger partial charge in [0, 0.05) is 12.6 Å². The Hall–Kier alpha value is -1.62. The van der Waals surface area contributed by atoms with Crippen molar-refractivity contribution in [1.29, 1.82) is 0 Å². The van der Waals surface area contributed by atoms with Crippen LogP contribution in [0.3, 0.4) is 0 Å². The fraction of sp³-hybridized carbons (Fsp3) is 0.500. The summed E-state index contributed by atoms with van der Waals surface area (Å²) in [7, 11) is 1.55. The Morgan fingerprint density at radius 1 is 1.40 bits per heavy atom. The van der Waals surface area contributed by atoms with Crippen LogP contribution < -0.4 is 20.1 Å². The number of carbonyl (C=O) groups excluding carboxylic acids is 1. The van der Waals surface area contributed by atoms with Gasteiger partial charge in [-0.1, -0.05) is 11.6 Å². The Morgan fingerprint density at radius 2 is 2.10 bits per heavy atom. The van der Waals surface area contributed by atoms with E-state index in [1.165, 1.54) is 0 Å². The predicted molar refractivity (Wildman–Crippen MR) is 79.7 cm³/mol. The maximum Gasteiger partial charge on any atom is 0.315 e. The van der Waals surface area contributed by atoms with E-state index in [2.05, 4.69) is 10.6 Å². The summed E-state index contributed by atoms with van der Waals surface area (Å²) in [6, 6.07) is 3.43. The average Bonchev–Trinajstić information content (AvgIpc) is 2.38. The van der Waals surface area contributed by atoms with E-state index in [4.69, 9.17) is 21.1 Å². The Labute approximate surface area is 124 Å². The summed E-state index contributed by atoms with van der Waals surface area (Å²) in [5, 5.41) is 5.97. The molecule has 0 atom stereocenters. The molecular formula is C14H21ClN2O3. The molecule has 0 aromatic heterocycles. The van der Waals surface area contributed by atoms with Crippen molar-refractivity contribution in [3.05, 3.63) is 22.7 Å². The maximum absolute atomic E-state index is 11.5. The lowest BCUT2D eigenvalue weighted by atomic mass is 10.2. The SMILES string of the molecule is CCOc1c(Cl)cc(CNC(=O)NC(C)C)cc1OC. The number of hydrogen-bond acceptors (Lipinski definition) is 3. The van der Waals surface area contributed by atoms with Crippen LogP contribution in [0.4, 0.5) is 4.79 Å². The number of amides is 2. The summed E-state index contributed by atoms with van der Waals surface area (Å²) < 4.78 is 10.7. The van der Waals surface area contributed by atoms with Crippen molar-refractivity contribution in [2.45, 2.75) is 33.4 Å². The molecular weight excluding hydrogens is 280 g/mol. The van der Waals surface area contributed by atoms with Gasteiger partial charge >= 0.3 is 6.03 Å². The molecule has 0 fully saturated rings. The van der Waals surface area contributed by atoms with Crippen LogP contribution >= 0.6 is 11.6 Å². The molecule has 0 bridgehead atoms. The summed E-state index contributed by atoms with van der Waals surface area (Å²) in [5.74, 6) is 1.08. The van der Waals surface area contributed by atoms with E-state index in [1.54, 1.807) is 19.2 Å². The lowest BCUT2D eigenvalue weighted by Gasteiger charge is -2.14. The van der Waals surface area contributed by atoms with Crippen molar-refractivity contribution < 1.29 is 14.3 Å². The number of urea groups is 1. The summed E-state index contributed by atoms with van der Waals surface area (Å²) in [5.41, 5.74) is 0.842. The minimum absolute atomic E-state index is 0.0912. The molecule has 1 aromatic rings. The van der Waals surface area contributed by atoms with Gasteiger partial charge in [0.15, 0.2) is 11.5 Å². The molecule has 0 unspecified atom stereocenters. The van der Waals surface area contributed by atoms with E-state index in [0.29, 0.717) is 29.7 Å². The van der Waals surface area contributed by atoms with Crippen molar-refractivity contribution in [3.8, 4) is 11.5 Å². The Kier molecular flexibility index (Phi) is 6.45. The standard InChI is InChI=1S/C14H21ClN2O3/c1-5-20-13-11(15)6-10(7-12(13)19-4)8-16-14(18)17-9(2)3/h6-7,9H,5,8H2,1-4H3,(H2,16,17,18). The first-order chi connectivity index (χ1) is 9.47. The van der Waals surface area contributed by atoms with Gasteiger partial charge in [0.1, 0.15) is 0 Å². The van der Waals surface area contributed by atoms with Crippen LogP contribution in [0, 0.1) is 0 Å². The van der Waals surface area contributed by atoms with Crippen LogP contribution in [0.5, 0.6) is 11.5 Å². The van der Waals surface area contributed by atoms with Crippen LogP contribution in [0.25, 0.3) is 0 Å². The largest absolute Gasteiger partial charge is 0.493 e. The topological polar surface area (TPSA) is 59.6 Å². The van der Waals surface area contributed by atoms with Gasteiger partial charge in [-0.3, -0.25) is 0 Å². The van der Waals surface area contributed by atoms with E-state index in [9.17, 15) is 4.79 Å². The third-order valence-corrected chi connectivity index (χ3v) is 2.73. The number of carbonyl (C=O) groups is 1. The van der Waals surface area contributed by atoms with Gasteiger partial charge in [-0.2, -0.15) is 0 Å². The van der Waals surface area contributed by atoms with Crippen LogP contribution in [0.2, 0.25) is 5.02 Å². The molecule has 112 valence electrons. The molecule has 0 saturated heterocycles. The molecule has 0 aliphatic carbocycles. The van der Waals surface area contributed by atoms with Gasteiger partial charge in [0.2, 0.25) is 0 Å². The molecule has 5 nitrogen and oxygen atoms in total. The number of benzene rings is 1. The van der Waals surface area contributed by atoms with E-state index in [0.717, 1.165) is 5.56 Å². The predicted octanol–water partition coefficient (Wildman–Crippen LogP) is 2.95. The molecule has 0 spiro atoms. The highest BCUT2D eigenvalue weighted by Crippen LogP contribution is 2.36. The molecule has 0 heterocycles. The molecule has 2 N–H and O–H groups in total. The summed E-state index contributed by atoms with van der Waals surface area (Å²) in [4.78, 5) is 11.5. The fourth-order valence-electron chi connectivity index (χ4n) is 1.66. The van der Waals surface area contributed by atoms with Gasteiger partial charge in [-0.15, -0.1) is 0 Å². The van der Waals surface area contributed by atoms with Crippen molar-refractivity contribution in [3.63, 3.8) is 0 Å². The summed E-state index contributed by atoms with van der Waals surface area (Å²) >= 11 is 6.16. The maximum atomic E-state index is 11.5. The molecule has 0 aliphatic rings. The fourth-order valence-corrected chi connectivity index (χ4v) is 1.94. The molecule has 1 rings (SSSR count). The molecule has 0 saturated carbocycles. The van der Waals surface area contributed by atoms with Crippen molar-refractivity contribution in [1.82, 2.24) is 10.6 Å². The first kappa shape index (κ1) is 16.4. The molecule has 20 heavy (non-hydrogen) atoms. The van der Waals surface area contributed by atoms with Crippen LogP contribution in [0.1, 0.15) is 26.3 Å². The van der Waals surface area contributed by atoms with Crippen molar-refractivity contribution in [2.75, 3.05) is 13.7 Å². The number of rotatable bonds is 6. The third kappa shape index (κ3) is 4.81. The highest BCUT2D eigenvalue weighted by Gasteiger charge is 2.12.